The molecule has 0 bridgehead atoms. The van der Waals surface area contributed by atoms with Crippen LogP contribution in [0.3, 0.4) is 0 Å². The topological polar surface area (TPSA) is 69.6 Å². The fourth-order valence-corrected chi connectivity index (χ4v) is 3.15. The Kier molecular flexibility index (Phi) is 4.85. The van der Waals surface area contributed by atoms with Crippen molar-refractivity contribution in [3.8, 4) is 11.5 Å². The first-order chi connectivity index (χ1) is 13.6. The number of hydrogen-bond donors (Lipinski definition) is 1. The zero-order valence-electron chi connectivity index (χ0n) is 15.4. The van der Waals surface area contributed by atoms with Crippen molar-refractivity contribution in [3.63, 3.8) is 0 Å². The summed E-state index contributed by atoms with van der Waals surface area (Å²) in [6.07, 6.45) is 1.69. The lowest BCUT2D eigenvalue weighted by Gasteiger charge is -2.15. The van der Waals surface area contributed by atoms with Crippen LogP contribution in [0.5, 0.6) is 11.5 Å². The van der Waals surface area contributed by atoms with Gasteiger partial charge in [-0.1, -0.05) is 36.4 Å². The highest BCUT2D eigenvalue weighted by atomic mass is 16.7. The standard InChI is InChI=1S/C22H20N2O4/c1-15(17-9-10-19-20(12-17)28-14-27-19)23-21(25)18-8-5-11-24(22(18)26)13-16-6-3-2-4-7-16/h2-12,15H,13-14H2,1H3,(H,23,25)/t15-/m1/s1. The monoisotopic (exact) mass is 376 g/mol. The van der Waals surface area contributed by atoms with E-state index < -0.39 is 5.91 Å². The van der Waals surface area contributed by atoms with E-state index in [-0.39, 0.29) is 24.0 Å². The van der Waals surface area contributed by atoms with E-state index in [1.54, 1.807) is 18.3 Å². The van der Waals surface area contributed by atoms with E-state index in [9.17, 15) is 9.59 Å². The van der Waals surface area contributed by atoms with Gasteiger partial charge in [0, 0.05) is 6.20 Å². The van der Waals surface area contributed by atoms with Crippen LogP contribution in [0.1, 0.15) is 34.5 Å². The molecule has 0 aliphatic carbocycles. The molecular weight excluding hydrogens is 356 g/mol. The van der Waals surface area contributed by atoms with Crippen LogP contribution >= 0.6 is 0 Å². The lowest BCUT2D eigenvalue weighted by Crippen LogP contribution is -2.34. The molecule has 2 aromatic carbocycles. The second-order valence-electron chi connectivity index (χ2n) is 6.65. The Hall–Kier alpha value is -3.54. The molecule has 1 aromatic heterocycles. The maximum atomic E-state index is 12.8. The number of carbonyl (C=O) groups is 1. The summed E-state index contributed by atoms with van der Waals surface area (Å²) >= 11 is 0. The average molecular weight is 376 g/mol. The predicted octanol–water partition coefficient (Wildman–Crippen LogP) is 3.12. The first kappa shape index (κ1) is 17.9. The lowest BCUT2D eigenvalue weighted by molar-refractivity contribution is 0.0937. The molecule has 2 heterocycles. The molecule has 1 N–H and O–H groups in total. The summed E-state index contributed by atoms with van der Waals surface area (Å²) in [5, 5.41) is 2.89. The maximum absolute atomic E-state index is 12.8. The summed E-state index contributed by atoms with van der Waals surface area (Å²) in [7, 11) is 0. The second kappa shape index (κ2) is 7.60. The van der Waals surface area contributed by atoms with E-state index in [2.05, 4.69) is 5.32 Å². The number of nitrogens with one attached hydrogen (secondary N) is 1. The molecule has 0 saturated carbocycles. The summed E-state index contributed by atoms with van der Waals surface area (Å²) in [5.74, 6) is 0.940. The van der Waals surface area contributed by atoms with Crippen molar-refractivity contribution < 1.29 is 14.3 Å². The number of pyridine rings is 1. The van der Waals surface area contributed by atoms with Crippen molar-refractivity contribution >= 4 is 5.91 Å². The van der Waals surface area contributed by atoms with Gasteiger partial charge < -0.3 is 19.4 Å². The van der Waals surface area contributed by atoms with Gasteiger partial charge in [0.2, 0.25) is 6.79 Å². The van der Waals surface area contributed by atoms with Crippen molar-refractivity contribution in [1.82, 2.24) is 9.88 Å². The van der Waals surface area contributed by atoms with Crippen molar-refractivity contribution in [2.75, 3.05) is 6.79 Å². The highest BCUT2D eigenvalue weighted by Gasteiger charge is 2.19. The quantitative estimate of drug-likeness (QED) is 0.743. The van der Waals surface area contributed by atoms with Gasteiger partial charge in [0.25, 0.3) is 11.5 Å². The fourth-order valence-electron chi connectivity index (χ4n) is 3.15. The van der Waals surface area contributed by atoms with Crippen LogP contribution in [0.2, 0.25) is 0 Å². The summed E-state index contributed by atoms with van der Waals surface area (Å²) in [6.45, 7) is 2.48. The first-order valence-corrected chi connectivity index (χ1v) is 9.05. The number of fused-ring (bicyclic) bond motifs is 1. The zero-order valence-corrected chi connectivity index (χ0v) is 15.4. The minimum atomic E-state index is -0.405. The summed E-state index contributed by atoms with van der Waals surface area (Å²) in [5.41, 5.74) is 1.67. The number of hydrogen-bond acceptors (Lipinski definition) is 4. The van der Waals surface area contributed by atoms with Gasteiger partial charge in [-0.15, -0.1) is 0 Å². The number of nitrogens with zero attached hydrogens (tertiary/aromatic N) is 1. The Balaban J connectivity index is 1.52. The smallest absolute Gasteiger partial charge is 0.263 e. The third kappa shape index (κ3) is 3.62. The van der Waals surface area contributed by atoms with Gasteiger partial charge in [0.15, 0.2) is 11.5 Å². The van der Waals surface area contributed by atoms with Crippen molar-refractivity contribution in [2.24, 2.45) is 0 Å². The molecule has 0 unspecified atom stereocenters. The fraction of sp³-hybridized carbons (Fsp3) is 0.182. The molecule has 1 aliphatic heterocycles. The summed E-state index contributed by atoms with van der Waals surface area (Å²) in [6, 6.07) is 18.2. The highest BCUT2D eigenvalue weighted by molar-refractivity contribution is 5.94. The minimum Gasteiger partial charge on any atom is -0.454 e. The second-order valence-corrected chi connectivity index (χ2v) is 6.65. The summed E-state index contributed by atoms with van der Waals surface area (Å²) in [4.78, 5) is 25.5. The molecule has 28 heavy (non-hydrogen) atoms. The number of amides is 1. The third-order valence-corrected chi connectivity index (χ3v) is 4.70. The lowest BCUT2D eigenvalue weighted by atomic mass is 10.1. The van der Waals surface area contributed by atoms with E-state index in [1.807, 2.05) is 55.5 Å². The van der Waals surface area contributed by atoms with Crippen LogP contribution < -0.4 is 20.3 Å². The van der Waals surface area contributed by atoms with E-state index in [0.717, 1.165) is 11.1 Å². The Morgan fingerprint density at radius 1 is 1.07 bits per heavy atom. The van der Waals surface area contributed by atoms with E-state index in [1.165, 1.54) is 4.57 Å². The molecule has 6 nitrogen and oxygen atoms in total. The van der Waals surface area contributed by atoms with Gasteiger partial charge in [-0.3, -0.25) is 9.59 Å². The number of benzene rings is 2. The molecule has 0 spiro atoms. The molecule has 3 aromatic rings. The predicted molar refractivity (Wildman–Crippen MR) is 105 cm³/mol. The minimum absolute atomic E-state index is 0.117. The van der Waals surface area contributed by atoms with Crippen LogP contribution in [-0.2, 0) is 6.54 Å². The van der Waals surface area contributed by atoms with Gasteiger partial charge in [-0.05, 0) is 42.3 Å². The number of carbonyl (C=O) groups excluding carboxylic acids is 1. The highest BCUT2D eigenvalue weighted by Crippen LogP contribution is 2.34. The molecule has 6 heteroatoms. The molecule has 1 aliphatic rings. The Bertz CT molecular complexity index is 1060. The Labute approximate surface area is 162 Å². The van der Waals surface area contributed by atoms with Crippen molar-refractivity contribution in [3.05, 3.63) is 93.9 Å². The van der Waals surface area contributed by atoms with Crippen molar-refractivity contribution in [1.29, 1.82) is 0 Å². The first-order valence-electron chi connectivity index (χ1n) is 9.05. The van der Waals surface area contributed by atoms with Crippen LogP contribution in [-0.4, -0.2) is 17.3 Å². The third-order valence-electron chi connectivity index (χ3n) is 4.70. The van der Waals surface area contributed by atoms with Crippen LogP contribution in [0.4, 0.5) is 0 Å². The van der Waals surface area contributed by atoms with Gasteiger partial charge in [0.1, 0.15) is 5.56 Å². The zero-order chi connectivity index (χ0) is 19.5. The Morgan fingerprint density at radius 3 is 2.68 bits per heavy atom. The van der Waals surface area contributed by atoms with Crippen LogP contribution in [0.25, 0.3) is 0 Å². The molecule has 4 rings (SSSR count). The van der Waals surface area contributed by atoms with E-state index in [4.69, 9.17) is 9.47 Å². The normalized spacial score (nSPS) is 13.2. The average Bonchev–Trinajstić information content (AvgIpc) is 3.18. The van der Waals surface area contributed by atoms with Crippen molar-refractivity contribution in [2.45, 2.75) is 19.5 Å². The molecule has 1 atom stereocenters. The molecule has 0 fully saturated rings. The number of ether oxygens (including phenoxy) is 2. The van der Waals surface area contributed by atoms with E-state index in [0.29, 0.717) is 18.0 Å². The molecule has 0 radical (unpaired) electrons. The van der Waals surface area contributed by atoms with Crippen LogP contribution in [0.15, 0.2) is 71.7 Å². The van der Waals surface area contributed by atoms with Gasteiger partial charge >= 0.3 is 0 Å². The van der Waals surface area contributed by atoms with Crippen LogP contribution in [0, 0.1) is 0 Å². The molecule has 142 valence electrons. The molecular formula is C22H20N2O4. The largest absolute Gasteiger partial charge is 0.454 e. The summed E-state index contributed by atoms with van der Waals surface area (Å²) < 4.78 is 12.2. The number of rotatable bonds is 5. The Morgan fingerprint density at radius 2 is 1.86 bits per heavy atom. The molecule has 0 saturated heterocycles. The SMILES string of the molecule is C[C@@H](NC(=O)c1cccn(Cc2ccccc2)c1=O)c1ccc2c(c1)OCO2. The maximum Gasteiger partial charge on any atom is 0.263 e. The number of aromatic nitrogens is 1. The van der Waals surface area contributed by atoms with Gasteiger partial charge in [0.05, 0.1) is 12.6 Å². The van der Waals surface area contributed by atoms with Gasteiger partial charge in [-0.25, -0.2) is 0 Å². The van der Waals surface area contributed by atoms with Gasteiger partial charge in [-0.2, -0.15) is 0 Å². The molecule has 1 amide bonds. The van der Waals surface area contributed by atoms with E-state index >= 15 is 0 Å².